The van der Waals surface area contributed by atoms with E-state index in [-0.39, 0.29) is 0 Å². The maximum Gasteiger partial charge on any atom is 0.0700 e. The summed E-state index contributed by atoms with van der Waals surface area (Å²) in [6.45, 7) is 2.16. The van der Waals surface area contributed by atoms with E-state index in [0.29, 0.717) is 0 Å². The number of aryl methyl sites for hydroxylation is 1. The van der Waals surface area contributed by atoms with Crippen LogP contribution in [0.2, 0.25) is 0 Å². The molecule has 1 aromatic heterocycles. The molecule has 0 saturated carbocycles. The molecule has 2 aromatic rings. The van der Waals surface area contributed by atoms with Gasteiger partial charge >= 0.3 is 0 Å². The summed E-state index contributed by atoms with van der Waals surface area (Å²) in [6.07, 6.45) is 2.17. The predicted octanol–water partition coefficient (Wildman–Crippen LogP) is 2.32. The van der Waals surface area contributed by atoms with Crippen molar-refractivity contribution in [3.63, 3.8) is 0 Å². The number of hydrogen-bond acceptors (Lipinski definition) is 1. The quantitative estimate of drug-likeness (QED) is 0.715. The van der Waals surface area contributed by atoms with Crippen molar-refractivity contribution in [1.82, 2.24) is 10.2 Å². The molecule has 2 nitrogen and oxygen atoms in total. The van der Waals surface area contributed by atoms with Crippen molar-refractivity contribution in [2.75, 3.05) is 0 Å². The molecule has 12 heavy (non-hydrogen) atoms. The lowest BCUT2D eigenvalue weighted by atomic mass is 10.1. The van der Waals surface area contributed by atoms with Gasteiger partial charge in [0.25, 0.3) is 0 Å². The normalized spacial score (nSPS) is 10.8. The first kappa shape index (κ1) is 7.35. The third kappa shape index (κ3) is 1.09. The van der Waals surface area contributed by atoms with Crippen LogP contribution in [0.3, 0.4) is 0 Å². The lowest BCUT2D eigenvalue weighted by Gasteiger charge is -1.91. The zero-order chi connectivity index (χ0) is 8.39. The highest BCUT2D eigenvalue weighted by atomic mass is 15.1. The number of benzene rings is 1. The van der Waals surface area contributed by atoms with Gasteiger partial charge in [-0.1, -0.05) is 19.4 Å². The number of nitrogens with one attached hydrogen (secondary N) is 1. The molecule has 1 radical (unpaired) electrons. The summed E-state index contributed by atoms with van der Waals surface area (Å²) >= 11 is 0. The molecule has 1 heterocycles. The summed E-state index contributed by atoms with van der Waals surface area (Å²) in [7, 11) is 0. The minimum absolute atomic E-state index is 1.04. The smallest absolute Gasteiger partial charge is 0.0700 e. The molecule has 0 aliphatic heterocycles. The third-order valence-electron chi connectivity index (χ3n) is 1.97. The second-order valence-corrected chi connectivity index (χ2v) is 2.89. The van der Waals surface area contributed by atoms with Crippen LogP contribution in [0, 0.1) is 6.07 Å². The van der Waals surface area contributed by atoms with Crippen molar-refractivity contribution in [1.29, 1.82) is 0 Å². The van der Waals surface area contributed by atoms with E-state index in [1.165, 1.54) is 5.39 Å². The van der Waals surface area contributed by atoms with Crippen LogP contribution in [0.4, 0.5) is 0 Å². The van der Waals surface area contributed by atoms with E-state index >= 15 is 0 Å². The molecule has 0 saturated heterocycles. The summed E-state index contributed by atoms with van der Waals surface area (Å²) in [5, 5.41) is 8.45. The molecular weight excluding hydrogens is 148 g/mol. The molecule has 61 valence electrons. The SMILES string of the molecule is CCCc1n[nH]c2cc[c]cc12. The fraction of sp³-hybridized carbons (Fsp3) is 0.300. The van der Waals surface area contributed by atoms with Crippen molar-refractivity contribution in [3.05, 3.63) is 30.0 Å². The summed E-state index contributed by atoms with van der Waals surface area (Å²) in [5.41, 5.74) is 2.27. The van der Waals surface area contributed by atoms with Gasteiger partial charge in [0.15, 0.2) is 0 Å². The number of hydrogen-bond donors (Lipinski definition) is 1. The van der Waals surface area contributed by atoms with Crippen LogP contribution in [-0.2, 0) is 6.42 Å². The molecule has 0 unspecified atom stereocenters. The molecule has 2 heteroatoms. The molecule has 0 fully saturated rings. The number of fused-ring (bicyclic) bond motifs is 1. The van der Waals surface area contributed by atoms with Crippen molar-refractivity contribution in [3.8, 4) is 0 Å². The van der Waals surface area contributed by atoms with E-state index in [1.54, 1.807) is 0 Å². The van der Waals surface area contributed by atoms with E-state index in [1.807, 2.05) is 18.2 Å². The minimum atomic E-state index is 1.04. The lowest BCUT2D eigenvalue weighted by molar-refractivity contribution is 0.874. The van der Waals surface area contributed by atoms with Crippen molar-refractivity contribution in [2.45, 2.75) is 19.8 Å². The maximum absolute atomic E-state index is 4.24. The van der Waals surface area contributed by atoms with Crippen LogP contribution in [0.25, 0.3) is 10.9 Å². The van der Waals surface area contributed by atoms with Gasteiger partial charge in [-0.3, -0.25) is 5.10 Å². The highest BCUT2D eigenvalue weighted by Gasteiger charge is 2.01. The summed E-state index contributed by atoms with van der Waals surface area (Å²) in [6, 6.07) is 8.95. The molecule has 0 atom stereocenters. The summed E-state index contributed by atoms with van der Waals surface area (Å²) < 4.78 is 0. The average molecular weight is 159 g/mol. The Morgan fingerprint density at radius 1 is 1.58 bits per heavy atom. The number of H-pyrrole nitrogens is 1. The molecule has 0 aliphatic rings. The Labute approximate surface area is 71.6 Å². The first-order valence-corrected chi connectivity index (χ1v) is 4.25. The first-order chi connectivity index (χ1) is 5.92. The average Bonchev–Trinajstić information content (AvgIpc) is 2.50. The number of aromatic amines is 1. The van der Waals surface area contributed by atoms with Gasteiger partial charge in [-0.15, -0.1) is 0 Å². The van der Waals surface area contributed by atoms with Gasteiger partial charge in [0.05, 0.1) is 11.2 Å². The van der Waals surface area contributed by atoms with Crippen LogP contribution in [0.1, 0.15) is 19.0 Å². The fourth-order valence-corrected chi connectivity index (χ4v) is 1.38. The molecule has 1 N–H and O–H groups in total. The Bertz CT molecular complexity index is 376. The largest absolute Gasteiger partial charge is 0.278 e. The Morgan fingerprint density at radius 3 is 3.33 bits per heavy atom. The van der Waals surface area contributed by atoms with Crippen molar-refractivity contribution in [2.24, 2.45) is 0 Å². The van der Waals surface area contributed by atoms with Crippen molar-refractivity contribution < 1.29 is 0 Å². The van der Waals surface area contributed by atoms with Gasteiger partial charge in [-0.05, 0) is 24.6 Å². The van der Waals surface area contributed by atoms with E-state index < -0.39 is 0 Å². The molecule has 1 aromatic carbocycles. The van der Waals surface area contributed by atoms with E-state index in [2.05, 4.69) is 23.2 Å². The molecule has 0 bridgehead atoms. The second kappa shape index (κ2) is 2.97. The maximum atomic E-state index is 4.24. The first-order valence-electron chi connectivity index (χ1n) is 4.25. The van der Waals surface area contributed by atoms with Crippen LogP contribution in [-0.4, -0.2) is 10.2 Å². The van der Waals surface area contributed by atoms with E-state index in [9.17, 15) is 0 Å². The Morgan fingerprint density at radius 2 is 2.50 bits per heavy atom. The Kier molecular flexibility index (Phi) is 1.82. The van der Waals surface area contributed by atoms with Gasteiger partial charge in [0, 0.05) is 5.39 Å². The third-order valence-corrected chi connectivity index (χ3v) is 1.97. The standard InChI is InChI=1S/C10H11N2/c1-2-5-9-8-6-3-4-7-10(8)12-11-9/h4,6-7H,2,5H2,1H3,(H,11,12). The summed E-state index contributed by atoms with van der Waals surface area (Å²) in [5.74, 6) is 0. The predicted molar refractivity (Wildman–Crippen MR) is 48.9 cm³/mol. The monoisotopic (exact) mass is 159 g/mol. The molecule has 0 amide bonds. The van der Waals surface area contributed by atoms with Gasteiger partial charge in [0.2, 0.25) is 0 Å². The second-order valence-electron chi connectivity index (χ2n) is 2.89. The topological polar surface area (TPSA) is 28.7 Å². The van der Waals surface area contributed by atoms with E-state index in [4.69, 9.17) is 0 Å². The van der Waals surface area contributed by atoms with Gasteiger partial charge in [0.1, 0.15) is 0 Å². The van der Waals surface area contributed by atoms with Crippen LogP contribution in [0.15, 0.2) is 18.2 Å². The number of aromatic nitrogens is 2. The highest BCUT2D eigenvalue weighted by Crippen LogP contribution is 2.15. The minimum Gasteiger partial charge on any atom is -0.278 e. The van der Waals surface area contributed by atoms with Gasteiger partial charge in [-0.2, -0.15) is 5.10 Å². The summed E-state index contributed by atoms with van der Waals surface area (Å²) in [4.78, 5) is 0. The number of rotatable bonds is 2. The Balaban J connectivity index is 2.55. The molecule has 0 spiro atoms. The van der Waals surface area contributed by atoms with Gasteiger partial charge < -0.3 is 0 Å². The van der Waals surface area contributed by atoms with Crippen LogP contribution >= 0.6 is 0 Å². The Hall–Kier alpha value is -1.31. The zero-order valence-electron chi connectivity index (χ0n) is 7.09. The van der Waals surface area contributed by atoms with Crippen LogP contribution in [0.5, 0.6) is 0 Å². The number of nitrogens with zero attached hydrogens (tertiary/aromatic N) is 1. The highest BCUT2D eigenvalue weighted by molar-refractivity contribution is 5.80. The van der Waals surface area contributed by atoms with Crippen LogP contribution < -0.4 is 0 Å². The van der Waals surface area contributed by atoms with E-state index in [0.717, 1.165) is 24.1 Å². The molecule has 0 aliphatic carbocycles. The molecule has 2 rings (SSSR count). The van der Waals surface area contributed by atoms with Gasteiger partial charge in [-0.25, -0.2) is 0 Å². The zero-order valence-corrected chi connectivity index (χ0v) is 7.09. The molecular formula is C10H11N2. The van der Waals surface area contributed by atoms with Crippen molar-refractivity contribution >= 4 is 10.9 Å². The lowest BCUT2D eigenvalue weighted by Crippen LogP contribution is -1.82. The fourth-order valence-electron chi connectivity index (χ4n) is 1.38.